The molecular formula is C12H22O11. The molecule has 0 aromatic carbocycles. The van der Waals surface area contributed by atoms with Gasteiger partial charge in [-0.25, -0.2) is 0 Å². The SMILES string of the molecule is OC[C@@H]1O[C@@H](O[C@@H]2O[C@@H](CO)[C@@H](O)[C@@H](O)[C@@H]2O)[C@@H](O)[C@H](O)[C@@H]1O. The molecule has 2 rings (SSSR count). The first-order valence-electron chi connectivity index (χ1n) is 7.08. The van der Waals surface area contributed by atoms with Crippen molar-refractivity contribution in [3.8, 4) is 0 Å². The minimum absolute atomic E-state index is 0.667. The van der Waals surface area contributed by atoms with Crippen LogP contribution in [0, 0.1) is 0 Å². The Balaban J connectivity index is 2.07. The van der Waals surface area contributed by atoms with Crippen LogP contribution in [0.4, 0.5) is 0 Å². The van der Waals surface area contributed by atoms with Crippen LogP contribution >= 0.6 is 0 Å². The van der Waals surface area contributed by atoms with Crippen molar-refractivity contribution in [2.75, 3.05) is 13.2 Å². The van der Waals surface area contributed by atoms with Crippen molar-refractivity contribution in [1.29, 1.82) is 0 Å². The molecule has 0 aliphatic carbocycles. The first kappa shape index (κ1) is 18.9. The van der Waals surface area contributed by atoms with E-state index in [1.807, 2.05) is 0 Å². The van der Waals surface area contributed by atoms with E-state index < -0.39 is 74.6 Å². The zero-order valence-corrected chi connectivity index (χ0v) is 12.0. The minimum Gasteiger partial charge on any atom is -0.394 e. The van der Waals surface area contributed by atoms with Gasteiger partial charge < -0.3 is 55.1 Å². The lowest BCUT2D eigenvalue weighted by atomic mass is 9.98. The summed E-state index contributed by atoms with van der Waals surface area (Å²) >= 11 is 0. The highest BCUT2D eigenvalue weighted by Gasteiger charge is 2.49. The van der Waals surface area contributed by atoms with Crippen LogP contribution in [0.1, 0.15) is 0 Å². The van der Waals surface area contributed by atoms with E-state index in [0.717, 1.165) is 0 Å². The van der Waals surface area contributed by atoms with Crippen LogP contribution in [0.2, 0.25) is 0 Å². The lowest BCUT2D eigenvalue weighted by Gasteiger charge is -2.44. The molecule has 2 saturated heterocycles. The second-order valence-electron chi connectivity index (χ2n) is 5.53. The third kappa shape index (κ3) is 3.65. The van der Waals surface area contributed by atoms with Crippen LogP contribution in [0.3, 0.4) is 0 Å². The molecule has 23 heavy (non-hydrogen) atoms. The molecule has 0 spiro atoms. The Morgan fingerprint density at radius 2 is 0.913 bits per heavy atom. The Morgan fingerprint density at radius 1 is 0.565 bits per heavy atom. The highest BCUT2D eigenvalue weighted by Crippen LogP contribution is 2.27. The summed E-state index contributed by atoms with van der Waals surface area (Å²) in [4.78, 5) is 0. The Morgan fingerprint density at radius 3 is 1.22 bits per heavy atom. The topological polar surface area (TPSA) is 190 Å². The lowest BCUT2D eigenvalue weighted by Crippen LogP contribution is -2.63. The van der Waals surface area contributed by atoms with Gasteiger partial charge in [-0.1, -0.05) is 0 Å². The molecule has 2 aliphatic rings. The molecule has 0 aromatic heterocycles. The van der Waals surface area contributed by atoms with Crippen molar-refractivity contribution in [2.24, 2.45) is 0 Å². The summed E-state index contributed by atoms with van der Waals surface area (Å²) in [5.74, 6) is 0. The lowest BCUT2D eigenvalue weighted by molar-refractivity contribution is -0.376. The van der Waals surface area contributed by atoms with Crippen LogP contribution in [-0.2, 0) is 14.2 Å². The molecule has 2 aliphatic heterocycles. The maximum atomic E-state index is 9.84. The van der Waals surface area contributed by atoms with Gasteiger partial charge in [-0.05, 0) is 0 Å². The van der Waals surface area contributed by atoms with E-state index in [1.54, 1.807) is 0 Å². The molecule has 0 aromatic rings. The molecule has 11 heteroatoms. The highest BCUT2D eigenvalue weighted by atomic mass is 16.8. The predicted octanol–water partition coefficient (Wildman–Crippen LogP) is -5.40. The Bertz CT molecular complexity index is 344. The van der Waals surface area contributed by atoms with Crippen LogP contribution in [0.15, 0.2) is 0 Å². The Kier molecular flexibility index (Phi) is 6.27. The Labute approximate surface area is 130 Å². The van der Waals surface area contributed by atoms with Crippen molar-refractivity contribution in [2.45, 2.75) is 61.4 Å². The van der Waals surface area contributed by atoms with Gasteiger partial charge in [-0.15, -0.1) is 0 Å². The molecule has 2 heterocycles. The third-order valence-corrected chi connectivity index (χ3v) is 3.97. The molecular weight excluding hydrogens is 320 g/mol. The van der Waals surface area contributed by atoms with E-state index >= 15 is 0 Å². The van der Waals surface area contributed by atoms with Gasteiger partial charge >= 0.3 is 0 Å². The van der Waals surface area contributed by atoms with E-state index in [2.05, 4.69) is 0 Å². The minimum atomic E-state index is -1.72. The van der Waals surface area contributed by atoms with Gasteiger partial charge in [0.05, 0.1) is 13.2 Å². The maximum Gasteiger partial charge on any atom is 0.189 e. The van der Waals surface area contributed by atoms with E-state index in [-0.39, 0.29) is 0 Å². The largest absolute Gasteiger partial charge is 0.394 e. The number of aliphatic hydroxyl groups excluding tert-OH is 8. The summed E-state index contributed by atoms with van der Waals surface area (Å²) in [5, 5.41) is 76.4. The van der Waals surface area contributed by atoms with Crippen molar-refractivity contribution in [3.63, 3.8) is 0 Å². The second kappa shape index (κ2) is 7.63. The maximum absolute atomic E-state index is 9.84. The number of rotatable bonds is 4. The van der Waals surface area contributed by atoms with Gasteiger partial charge in [0, 0.05) is 0 Å². The van der Waals surface area contributed by atoms with E-state index in [9.17, 15) is 30.6 Å². The van der Waals surface area contributed by atoms with Crippen LogP contribution in [-0.4, -0.2) is 115 Å². The molecule has 0 bridgehead atoms. The molecule has 0 radical (unpaired) electrons. The van der Waals surface area contributed by atoms with Gasteiger partial charge in [0.15, 0.2) is 12.6 Å². The van der Waals surface area contributed by atoms with Crippen molar-refractivity contribution >= 4 is 0 Å². The summed E-state index contributed by atoms with van der Waals surface area (Å²) in [6, 6.07) is 0. The molecule has 11 nitrogen and oxygen atoms in total. The number of hydrogen-bond donors (Lipinski definition) is 8. The fraction of sp³-hybridized carbons (Fsp3) is 1.00. The van der Waals surface area contributed by atoms with Gasteiger partial charge in [0.25, 0.3) is 0 Å². The van der Waals surface area contributed by atoms with Crippen LogP contribution in [0.5, 0.6) is 0 Å². The smallest absolute Gasteiger partial charge is 0.189 e. The summed E-state index contributed by atoms with van der Waals surface area (Å²) in [7, 11) is 0. The molecule has 10 atom stereocenters. The summed E-state index contributed by atoms with van der Waals surface area (Å²) in [6.45, 7) is -1.33. The average Bonchev–Trinajstić information content (AvgIpc) is 2.55. The second-order valence-corrected chi connectivity index (χ2v) is 5.53. The third-order valence-electron chi connectivity index (χ3n) is 3.97. The molecule has 0 amide bonds. The van der Waals surface area contributed by atoms with E-state index in [1.165, 1.54) is 0 Å². The number of aliphatic hydroxyl groups is 8. The quantitative estimate of drug-likeness (QED) is 0.243. The monoisotopic (exact) mass is 342 g/mol. The number of ether oxygens (including phenoxy) is 3. The average molecular weight is 342 g/mol. The van der Waals surface area contributed by atoms with Crippen LogP contribution in [0.25, 0.3) is 0 Å². The fourth-order valence-corrected chi connectivity index (χ4v) is 2.49. The van der Waals surface area contributed by atoms with Gasteiger partial charge in [0.1, 0.15) is 48.8 Å². The van der Waals surface area contributed by atoms with Crippen molar-refractivity contribution < 1.29 is 55.1 Å². The Hall–Kier alpha value is -0.440. The van der Waals surface area contributed by atoms with Crippen molar-refractivity contribution in [1.82, 2.24) is 0 Å². The van der Waals surface area contributed by atoms with Gasteiger partial charge in [-0.2, -0.15) is 0 Å². The van der Waals surface area contributed by atoms with E-state index in [0.29, 0.717) is 0 Å². The standard InChI is InChI=1S/C12H22O11/c13-1-3-5(15)7(17)9(19)11(21-3)23-12-10(20)8(18)6(16)4(2-14)22-12/h3-20H,1-2H2/t3-,4-,5+,6+,7+,8+,9-,10-,11-,12-/m0/s1. The number of hydrogen-bond acceptors (Lipinski definition) is 11. The van der Waals surface area contributed by atoms with Gasteiger partial charge in [-0.3, -0.25) is 0 Å². The fourth-order valence-electron chi connectivity index (χ4n) is 2.49. The zero-order valence-electron chi connectivity index (χ0n) is 12.0. The molecule has 2 fully saturated rings. The van der Waals surface area contributed by atoms with Crippen LogP contribution < -0.4 is 0 Å². The predicted molar refractivity (Wildman–Crippen MR) is 68.6 cm³/mol. The normalized spacial score (nSPS) is 51.7. The molecule has 0 unspecified atom stereocenters. The summed E-state index contributed by atoms with van der Waals surface area (Å²) < 4.78 is 15.3. The summed E-state index contributed by atoms with van der Waals surface area (Å²) in [5.41, 5.74) is 0. The molecule has 0 saturated carbocycles. The first-order valence-corrected chi connectivity index (χ1v) is 7.08. The summed E-state index contributed by atoms with van der Waals surface area (Å²) in [6.07, 6.45) is -15.6. The highest BCUT2D eigenvalue weighted by molar-refractivity contribution is 4.92. The van der Waals surface area contributed by atoms with Crippen molar-refractivity contribution in [3.05, 3.63) is 0 Å². The van der Waals surface area contributed by atoms with Gasteiger partial charge in [0.2, 0.25) is 0 Å². The first-order chi connectivity index (χ1) is 10.8. The van der Waals surface area contributed by atoms with E-state index in [4.69, 9.17) is 24.4 Å². The molecule has 136 valence electrons. The zero-order chi connectivity index (χ0) is 17.3. The molecule has 8 N–H and O–H groups in total.